The number of hydrogen-bond acceptors (Lipinski definition) is 3. The highest BCUT2D eigenvalue weighted by Gasteiger charge is 2.63. The van der Waals surface area contributed by atoms with E-state index in [0.29, 0.717) is 11.4 Å². The molecular weight excluding hydrogens is 386 g/mol. The Labute approximate surface area is 182 Å². The first-order chi connectivity index (χ1) is 15.1. The standard InChI is InChI=1S/C27H25NO3/c1-3-24(21-12-8-5-9-13-21)27(30)25(19-14-20-10-6-4-7-11-20)28(26(27)29)22-15-17-23(31-2)18-16-22/h3-19,24-25,30H,1H2,2H3/b19-14+/t24-,25+,27-/m0/s1. The van der Waals surface area contributed by atoms with Crippen molar-refractivity contribution in [3.63, 3.8) is 0 Å². The van der Waals surface area contributed by atoms with Gasteiger partial charge in [-0.1, -0.05) is 78.9 Å². The molecule has 1 N–H and O–H groups in total. The van der Waals surface area contributed by atoms with Gasteiger partial charge in [0.2, 0.25) is 0 Å². The summed E-state index contributed by atoms with van der Waals surface area (Å²) in [6.45, 7) is 3.92. The second-order valence-corrected chi connectivity index (χ2v) is 7.54. The Morgan fingerprint density at radius 2 is 1.61 bits per heavy atom. The maximum atomic E-state index is 13.4. The van der Waals surface area contributed by atoms with Crippen LogP contribution in [0.5, 0.6) is 5.75 Å². The minimum absolute atomic E-state index is 0.353. The number of nitrogens with zero attached hydrogens (tertiary/aromatic N) is 1. The Kier molecular flexibility index (Phi) is 5.74. The normalized spacial score (nSPS) is 21.5. The van der Waals surface area contributed by atoms with Crippen molar-refractivity contribution in [2.45, 2.75) is 17.6 Å². The Bertz CT molecular complexity index is 1080. The predicted octanol–water partition coefficient (Wildman–Crippen LogP) is 4.82. The summed E-state index contributed by atoms with van der Waals surface area (Å²) in [5.74, 6) is -0.188. The molecule has 1 heterocycles. The quantitative estimate of drug-likeness (QED) is 0.448. The number of hydrogen-bond donors (Lipinski definition) is 1. The molecular formula is C27H25NO3. The van der Waals surface area contributed by atoms with E-state index in [9.17, 15) is 9.90 Å². The van der Waals surface area contributed by atoms with Crippen LogP contribution in [0, 0.1) is 0 Å². The topological polar surface area (TPSA) is 49.8 Å². The van der Waals surface area contributed by atoms with Crippen LogP contribution in [0.4, 0.5) is 5.69 Å². The maximum Gasteiger partial charge on any atom is 0.263 e. The summed E-state index contributed by atoms with van der Waals surface area (Å²) in [4.78, 5) is 15.0. The molecule has 156 valence electrons. The Hall–Kier alpha value is -3.63. The van der Waals surface area contributed by atoms with E-state index in [2.05, 4.69) is 6.58 Å². The fourth-order valence-corrected chi connectivity index (χ4v) is 4.14. The molecule has 0 spiro atoms. The molecule has 0 saturated carbocycles. The van der Waals surface area contributed by atoms with E-state index in [-0.39, 0.29) is 5.91 Å². The van der Waals surface area contributed by atoms with Crippen molar-refractivity contribution in [3.05, 3.63) is 115 Å². The fourth-order valence-electron chi connectivity index (χ4n) is 4.14. The minimum atomic E-state index is -1.63. The van der Waals surface area contributed by atoms with E-state index in [1.54, 1.807) is 30.2 Å². The van der Waals surface area contributed by atoms with E-state index in [0.717, 1.165) is 11.1 Å². The molecule has 1 saturated heterocycles. The first kappa shape index (κ1) is 20.6. The highest BCUT2D eigenvalue weighted by atomic mass is 16.5. The minimum Gasteiger partial charge on any atom is -0.497 e. The van der Waals surface area contributed by atoms with Gasteiger partial charge in [0.25, 0.3) is 5.91 Å². The van der Waals surface area contributed by atoms with Crippen molar-refractivity contribution in [1.82, 2.24) is 0 Å². The smallest absolute Gasteiger partial charge is 0.263 e. The number of benzene rings is 3. The average molecular weight is 412 g/mol. The number of β-lactam (4-membered cyclic amide) rings is 1. The zero-order chi connectivity index (χ0) is 21.8. The van der Waals surface area contributed by atoms with Gasteiger partial charge in [0.15, 0.2) is 5.60 Å². The first-order valence-corrected chi connectivity index (χ1v) is 10.2. The summed E-state index contributed by atoms with van der Waals surface area (Å²) in [6.07, 6.45) is 5.48. The van der Waals surface area contributed by atoms with Crippen molar-refractivity contribution < 1.29 is 14.6 Å². The molecule has 3 aromatic rings. The number of carbonyl (C=O) groups is 1. The largest absolute Gasteiger partial charge is 0.497 e. The molecule has 31 heavy (non-hydrogen) atoms. The molecule has 1 fully saturated rings. The fraction of sp³-hybridized carbons (Fsp3) is 0.148. The number of anilines is 1. The van der Waals surface area contributed by atoms with Crippen LogP contribution < -0.4 is 9.64 Å². The maximum absolute atomic E-state index is 13.4. The van der Waals surface area contributed by atoms with Crippen LogP contribution in [0.25, 0.3) is 6.08 Å². The van der Waals surface area contributed by atoms with E-state index in [1.165, 1.54) is 0 Å². The lowest BCUT2D eigenvalue weighted by Crippen LogP contribution is -2.75. The van der Waals surface area contributed by atoms with Crippen LogP contribution >= 0.6 is 0 Å². The summed E-state index contributed by atoms with van der Waals surface area (Å²) < 4.78 is 5.23. The Morgan fingerprint density at radius 3 is 2.19 bits per heavy atom. The zero-order valence-electron chi connectivity index (χ0n) is 17.4. The van der Waals surface area contributed by atoms with Gasteiger partial charge in [-0.15, -0.1) is 6.58 Å². The zero-order valence-corrected chi connectivity index (χ0v) is 17.4. The Morgan fingerprint density at radius 1 is 1.00 bits per heavy atom. The van der Waals surface area contributed by atoms with E-state index in [1.807, 2.05) is 84.9 Å². The molecule has 1 amide bonds. The SMILES string of the molecule is C=C[C@@H](c1ccccc1)[C@@]1(O)C(=O)N(c2ccc(OC)cc2)[C@@H]1/C=C/c1ccccc1. The van der Waals surface area contributed by atoms with Gasteiger partial charge in [-0.3, -0.25) is 9.69 Å². The van der Waals surface area contributed by atoms with Gasteiger partial charge >= 0.3 is 0 Å². The van der Waals surface area contributed by atoms with Crippen molar-refractivity contribution in [2.75, 3.05) is 12.0 Å². The third-order valence-corrected chi connectivity index (χ3v) is 5.78. The van der Waals surface area contributed by atoms with E-state index >= 15 is 0 Å². The number of amides is 1. The van der Waals surface area contributed by atoms with Gasteiger partial charge in [-0.2, -0.15) is 0 Å². The second kappa shape index (κ2) is 8.62. The van der Waals surface area contributed by atoms with Crippen LogP contribution in [-0.2, 0) is 4.79 Å². The van der Waals surface area contributed by atoms with Gasteiger partial charge in [0, 0.05) is 11.6 Å². The third-order valence-electron chi connectivity index (χ3n) is 5.78. The number of rotatable bonds is 7. The van der Waals surface area contributed by atoms with Crippen molar-refractivity contribution in [3.8, 4) is 5.75 Å². The van der Waals surface area contributed by atoms with Crippen LogP contribution in [-0.4, -0.2) is 29.8 Å². The molecule has 3 atom stereocenters. The van der Waals surface area contributed by atoms with Gasteiger partial charge in [-0.05, 0) is 35.4 Å². The summed E-state index contributed by atoms with van der Waals surface area (Å²) in [6, 6.07) is 26.0. The Balaban J connectivity index is 1.75. The highest BCUT2D eigenvalue weighted by molar-refractivity contribution is 6.10. The first-order valence-electron chi connectivity index (χ1n) is 10.2. The van der Waals surface area contributed by atoms with Crippen LogP contribution in [0.2, 0.25) is 0 Å². The van der Waals surface area contributed by atoms with Crippen LogP contribution in [0.1, 0.15) is 17.0 Å². The molecule has 1 aliphatic rings. The molecule has 4 heteroatoms. The van der Waals surface area contributed by atoms with Gasteiger partial charge in [-0.25, -0.2) is 0 Å². The summed E-state index contributed by atoms with van der Waals surface area (Å²) in [7, 11) is 1.60. The van der Waals surface area contributed by atoms with Gasteiger partial charge < -0.3 is 9.84 Å². The molecule has 0 aliphatic carbocycles. The monoisotopic (exact) mass is 411 g/mol. The molecule has 4 nitrogen and oxygen atoms in total. The lowest BCUT2D eigenvalue weighted by Gasteiger charge is -2.54. The van der Waals surface area contributed by atoms with E-state index < -0.39 is 17.6 Å². The molecule has 4 rings (SSSR count). The van der Waals surface area contributed by atoms with Crippen LogP contribution in [0.3, 0.4) is 0 Å². The summed E-state index contributed by atoms with van der Waals surface area (Å²) in [5.41, 5.74) is 0.914. The number of carbonyl (C=O) groups excluding carboxylic acids is 1. The van der Waals surface area contributed by atoms with Crippen molar-refractivity contribution in [2.24, 2.45) is 0 Å². The van der Waals surface area contributed by atoms with Crippen LogP contribution in [0.15, 0.2) is 104 Å². The lowest BCUT2D eigenvalue weighted by atomic mass is 9.69. The molecule has 3 aromatic carbocycles. The molecule has 0 unspecified atom stereocenters. The van der Waals surface area contributed by atoms with Gasteiger partial charge in [0.1, 0.15) is 5.75 Å². The molecule has 0 aromatic heterocycles. The number of ether oxygens (including phenoxy) is 1. The lowest BCUT2D eigenvalue weighted by molar-refractivity contribution is -0.152. The molecule has 0 bridgehead atoms. The van der Waals surface area contributed by atoms with Gasteiger partial charge in [0.05, 0.1) is 13.2 Å². The predicted molar refractivity (Wildman–Crippen MR) is 124 cm³/mol. The van der Waals surface area contributed by atoms with Crippen molar-refractivity contribution in [1.29, 1.82) is 0 Å². The highest BCUT2D eigenvalue weighted by Crippen LogP contribution is 2.46. The molecule has 0 radical (unpaired) electrons. The van der Waals surface area contributed by atoms with Crippen molar-refractivity contribution >= 4 is 17.7 Å². The number of methoxy groups -OCH3 is 1. The third kappa shape index (κ3) is 3.66. The average Bonchev–Trinajstić information content (AvgIpc) is 2.83. The van der Waals surface area contributed by atoms with E-state index in [4.69, 9.17) is 4.74 Å². The number of aliphatic hydroxyl groups is 1. The summed E-state index contributed by atoms with van der Waals surface area (Å²) in [5, 5.41) is 11.7. The molecule has 1 aliphatic heterocycles. The second-order valence-electron chi connectivity index (χ2n) is 7.54. The summed E-state index contributed by atoms with van der Waals surface area (Å²) >= 11 is 0.